The number of nitrogens with zero attached hydrogens (tertiary/aromatic N) is 3. The third-order valence-corrected chi connectivity index (χ3v) is 2.78. The Morgan fingerprint density at radius 3 is 2.72 bits per heavy atom. The van der Waals surface area contributed by atoms with Crippen molar-refractivity contribution in [3.05, 3.63) is 0 Å². The van der Waals surface area contributed by atoms with Crippen LogP contribution in [0.4, 0.5) is 11.9 Å². The lowest BCUT2D eigenvalue weighted by atomic mass is 9.95. The van der Waals surface area contributed by atoms with E-state index in [0.29, 0.717) is 12.6 Å². The quantitative estimate of drug-likeness (QED) is 0.514. The van der Waals surface area contributed by atoms with Crippen molar-refractivity contribution >= 4 is 11.9 Å². The molecule has 8 heteroatoms. The van der Waals surface area contributed by atoms with E-state index in [2.05, 4.69) is 32.6 Å². The first-order valence-electron chi connectivity index (χ1n) is 5.78. The van der Waals surface area contributed by atoms with Gasteiger partial charge < -0.3 is 14.8 Å². The largest absolute Gasteiger partial charge is 0.467 e. The number of ether oxygens (including phenoxy) is 2. The second-order valence-electron chi connectivity index (χ2n) is 4.46. The Balaban J connectivity index is 2.16. The highest BCUT2D eigenvalue weighted by atomic mass is 16.5. The second kappa shape index (κ2) is 5.32. The molecule has 18 heavy (non-hydrogen) atoms. The van der Waals surface area contributed by atoms with E-state index >= 15 is 0 Å². The molecule has 0 bridgehead atoms. The first-order chi connectivity index (χ1) is 8.65. The average Bonchev–Trinajstić information content (AvgIpc) is 2.38. The monoisotopic (exact) mass is 254 g/mol. The highest BCUT2D eigenvalue weighted by molar-refractivity contribution is 5.37. The van der Waals surface area contributed by atoms with Gasteiger partial charge in [-0.1, -0.05) is 0 Å². The molecule has 2 rings (SSSR count). The van der Waals surface area contributed by atoms with E-state index in [0.717, 1.165) is 19.4 Å². The van der Waals surface area contributed by atoms with Crippen molar-refractivity contribution in [3.8, 4) is 6.01 Å². The molecule has 1 aromatic rings. The second-order valence-corrected chi connectivity index (χ2v) is 4.46. The number of nitrogens with one attached hydrogen (secondary N) is 2. The topological polar surface area (TPSA) is 107 Å². The van der Waals surface area contributed by atoms with Gasteiger partial charge in [0.2, 0.25) is 11.9 Å². The van der Waals surface area contributed by atoms with Crippen molar-refractivity contribution in [2.75, 3.05) is 31.1 Å². The molecule has 1 fully saturated rings. The first kappa shape index (κ1) is 12.8. The lowest BCUT2D eigenvalue weighted by Crippen LogP contribution is -2.43. The molecule has 0 saturated carbocycles. The van der Waals surface area contributed by atoms with Gasteiger partial charge in [-0.05, 0) is 19.8 Å². The van der Waals surface area contributed by atoms with Crippen LogP contribution in [-0.2, 0) is 4.74 Å². The number of hydrogen-bond donors (Lipinski definition) is 3. The van der Waals surface area contributed by atoms with Crippen LogP contribution in [0.25, 0.3) is 0 Å². The summed E-state index contributed by atoms with van der Waals surface area (Å²) in [7, 11) is 1.49. The van der Waals surface area contributed by atoms with Crippen molar-refractivity contribution in [3.63, 3.8) is 0 Å². The smallest absolute Gasteiger partial charge is 0.322 e. The third kappa shape index (κ3) is 2.96. The SMILES string of the molecule is COc1nc(NN)nc(NC2(C)CCCOC2)n1. The molecule has 8 nitrogen and oxygen atoms in total. The molecular weight excluding hydrogens is 236 g/mol. The Kier molecular flexibility index (Phi) is 3.78. The van der Waals surface area contributed by atoms with Crippen LogP contribution in [0.15, 0.2) is 0 Å². The predicted octanol–water partition coefficient (Wildman–Crippen LogP) is 0.147. The van der Waals surface area contributed by atoms with Crippen LogP contribution < -0.4 is 21.3 Å². The molecule has 0 aliphatic carbocycles. The molecule has 1 aliphatic rings. The highest BCUT2D eigenvalue weighted by Crippen LogP contribution is 2.23. The lowest BCUT2D eigenvalue weighted by Gasteiger charge is -2.34. The van der Waals surface area contributed by atoms with Crippen molar-refractivity contribution < 1.29 is 9.47 Å². The number of anilines is 2. The zero-order valence-electron chi connectivity index (χ0n) is 10.6. The zero-order chi connectivity index (χ0) is 13.0. The first-order valence-corrected chi connectivity index (χ1v) is 5.78. The molecule has 0 aromatic carbocycles. The van der Waals surface area contributed by atoms with E-state index in [9.17, 15) is 0 Å². The van der Waals surface area contributed by atoms with E-state index in [-0.39, 0.29) is 17.5 Å². The van der Waals surface area contributed by atoms with Crippen molar-refractivity contribution in [1.82, 2.24) is 15.0 Å². The fraction of sp³-hybridized carbons (Fsp3) is 0.700. The van der Waals surface area contributed by atoms with Gasteiger partial charge in [0.05, 0.1) is 19.3 Å². The summed E-state index contributed by atoms with van der Waals surface area (Å²) >= 11 is 0. The minimum Gasteiger partial charge on any atom is -0.467 e. The van der Waals surface area contributed by atoms with E-state index in [1.165, 1.54) is 7.11 Å². The molecule has 1 aliphatic heterocycles. The summed E-state index contributed by atoms with van der Waals surface area (Å²) in [4.78, 5) is 12.2. The van der Waals surface area contributed by atoms with Gasteiger partial charge in [0, 0.05) is 6.61 Å². The number of aromatic nitrogens is 3. The van der Waals surface area contributed by atoms with Gasteiger partial charge in [0.1, 0.15) is 0 Å². The summed E-state index contributed by atoms with van der Waals surface area (Å²) in [5, 5.41) is 3.24. The van der Waals surface area contributed by atoms with Gasteiger partial charge in [0.25, 0.3) is 0 Å². The minimum absolute atomic E-state index is 0.184. The Morgan fingerprint density at radius 2 is 2.11 bits per heavy atom. The molecule has 1 atom stereocenters. The summed E-state index contributed by atoms with van der Waals surface area (Å²) in [5.74, 6) is 5.97. The maximum absolute atomic E-state index is 5.47. The molecule has 1 saturated heterocycles. The van der Waals surface area contributed by atoms with E-state index in [1.807, 2.05) is 0 Å². The molecule has 4 N–H and O–H groups in total. The Morgan fingerprint density at radius 1 is 1.33 bits per heavy atom. The average molecular weight is 254 g/mol. The van der Waals surface area contributed by atoms with Crippen molar-refractivity contribution in [2.24, 2.45) is 5.84 Å². The van der Waals surface area contributed by atoms with Gasteiger partial charge >= 0.3 is 6.01 Å². The van der Waals surface area contributed by atoms with Gasteiger partial charge in [-0.15, -0.1) is 0 Å². The number of methoxy groups -OCH3 is 1. The number of rotatable bonds is 4. The van der Waals surface area contributed by atoms with Crippen LogP contribution in [0.2, 0.25) is 0 Å². The molecule has 1 unspecified atom stereocenters. The zero-order valence-corrected chi connectivity index (χ0v) is 10.6. The fourth-order valence-corrected chi connectivity index (χ4v) is 1.87. The molecule has 1 aromatic heterocycles. The number of hydrazine groups is 1. The summed E-state index contributed by atoms with van der Waals surface area (Å²) in [6.07, 6.45) is 2.00. The molecule has 100 valence electrons. The van der Waals surface area contributed by atoms with Gasteiger partial charge in [-0.3, -0.25) is 5.43 Å². The Labute approximate surface area is 105 Å². The van der Waals surface area contributed by atoms with E-state index in [1.54, 1.807) is 0 Å². The molecular formula is C10H18N6O2. The van der Waals surface area contributed by atoms with Crippen LogP contribution in [-0.4, -0.2) is 40.8 Å². The number of hydrogen-bond acceptors (Lipinski definition) is 8. The molecule has 2 heterocycles. The fourth-order valence-electron chi connectivity index (χ4n) is 1.87. The van der Waals surface area contributed by atoms with Gasteiger partial charge in [-0.2, -0.15) is 15.0 Å². The maximum Gasteiger partial charge on any atom is 0.322 e. The maximum atomic E-state index is 5.47. The lowest BCUT2D eigenvalue weighted by molar-refractivity contribution is 0.0537. The summed E-state index contributed by atoms with van der Waals surface area (Å²) < 4.78 is 10.5. The Bertz CT molecular complexity index is 385. The number of nitrogens with two attached hydrogens (primary N) is 1. The van der Waals surface area contributed by atoms with Crippen LogP contribution >= 0.6 is 0 Å². The van der Waals surface area contributed by atoms with E-state index < -0.39 is 0 Å². The molecule has 0 amide bonds. The van der Waals surface area contributed by atoms with Crippen LogP contribution in [0.5, 0.6) is 6.01 Å². The van der Waals surface area contributed by atoms with E-state index in [4.69, 9.17) is 15.3 Å². The molecule has 0 spiro atoms. The normalized spacial score (nSPS) is 23.5. The third-order valence-electron chi connectivity index (χ3n) is 2.78. The number of nitrogen functional groups attached to an aromatic ring is 1. The van der Waals surface area contributed by atoms with Crippen LogP contribution in [0.3, 0.4) is 0 Å². The minimum atomic E-state index is -0.184. The summed E-state index contributed by atoms with van der Waals surface area (Å²) in [5.41, 5.74) is 2.19. The van der Waals surface area contributed by atoms with Gasteiger partial charge in [0.15, 0.2) is 0 Å². The van der Waals surface area contributed by atoms with Gasteiger partial charge in [-0.25, -0.2) is 5.84 Å². The van der Waals surface area contributed by atoms with Crippen LogP contribution in [0.1, 0.15) is 19.8 Å². The summed E-state index contributed by atoms with van der Waals surface area (Å²) in [6, 6.07) is 0.209. The molecule has 0 radical (unpaired) electrons. The van der Waals surface area contributed by atoms with Crippen LogP contribution in [0, 0.1) is 0 Å². The highest BCUT2D eigenvalue weighted by Gasteiger charge is 2.28. The summed E-state index contributed by atoms with van der Waals surface area (Å²) in [6.45, 7) is 3.48. The predicted molar refractivity (Wildman–Crippen MR) is 66.3 cm³/mol. The van der Waals surface area contributed by atoms with Crippen molar-refractivity contribution in [2.45, 2.75) is 25.3 Å². The Hall–Kier alpha value is -1.67. The standard InChI is InChI=1S/C10H18N6O2/c1-10(4-3-5-18-6-10)15-7-12-8(16-11)14-9(13-7)17-2/h3-6,11H2,1-2H3,(H2,12,13,14,15,16). The van der Waals surface area contributed by atoms with Crippen molar-refractivity contribution in [1.29, 1.82) is 0 Å².